The van der Waals surface area contributed by atoms with Crippen LogP contribution in [-0.4, -0.2) is 71.8 Å². The quantitative estimate of drug-likeness (QED) is 0.541. The van der Waals surface area contributed by atoms with E-state index in [1.807, 2.05) is 18.2 Å². The highest BCUT2D eigenvalue weighted by Crippen LogP contribution is 2.36. The van der Waals surface area contributed by atoms with Gasteiger partial charge in [-0.25, -0.2) is 4.79 Å². The summed E-state index contributed by atoms with van der Waals surface area (Å²) >= 11 is 12.1. The summed E-state index contributed by atoms with van der Waals surface area (Å²) in [6.07, 6.45) is 1.94. The van der Waals surface area contributed by atoms with E-state index in [1.54, 1.807) is 4.90 Å². The first-order valence-electron chi connectivity index (χ1n) is 12.1. The molecule has 0 bridgehead atoms. The predicted molar refractivity (Wildman–Crippen MR) is 134 cm³/mol. The summed E-state index contributed by atoms with van der Waals surface area (Å²) in [6, 6.07) is 5.66. The Bertz CT molecular complexity index is 861. The lowest BCUT2D eigenvalue weighted by molar-refractivity contribution is -0.122. The van der Waals surface area contributed by atoms with Gasteiger partial charge in [0.15, 0.2) is 0 Å². The molecule has 2 heterocycles. The molecule has 2 unspecified atom stereocenters. The largest absolute Gasteiger partial charge is 0.465 e. The van der Waals surface area contributed by atoms with Crippen LogP contribution in [0.5, 0.6) is 0 Å². The molecule has 1 aromatic rings. The predicted octanol–water partition coefficient (Wildman–Crippen LogP) is 4.90. The zero-order chi connectivity index (χ0) is 24.9. The van der Waals surface area contributed by atoms with Gasteiger partial charge in [0.2, 0.25) is 5.91 Å². The van der Waals surface area contributed by atoms with Crippen molar-refractivity contribution in [2.24, 2.45) is 11.3 Å². The third-order valence-electron chi connectivity index (χ3n) is 6.88. The molecule has 2 N–H and O–H groups in total. The standard InChI is InChI=1S/C25H37Cl2N3O4/c1-25(2,3)22-13-17(8-9-30(22)24(32)33)5-7-23(31)28-14-19-16-29(10-11-34-19)15-18-4-6-20(26)21(27)12-18/h4,6,12,17,19,22H,5,7-11,13-16H2,1-3H3,(H,28,31)(H,32,33)/t17?,19-,22?/m0/s1. The molecule has 2 fully saturated rings. The van der Waals surface area contributed by atoms with Crippen LogP contribution in [0.25, 0.3) is 0 Å². The smallest absolute Gasteiger partial charge is 0.407 e. The number of piperidine rings is 1. The van der Waals surface area contributed by atoms with Crippen LogP contribution < -0.4 is 5.32 Å². The average molecular weight is 514 g/mol. The van der Waals surface area contributed by atoms with E-state index in [1.165, 1.54) is 0 Å². The summed E-state index contributed by atoms with van der Waals surface area (Å²) in [5, 5.41) is 13.7. The zero-order valence-electron chi connectivity index (χ0n) is 20.4. The summed E-state index contributed by atoms with van der Waals surface area (Å²) in [4.78, 5) is 28.0. The number of carboxylic acid groups (broad SMARTS) is 1. The minimum atomic E-state index is -0.850. The highest BCUT2D eigenvalue weighted by atomic mass is 35.5. The number of rotatable bonds is 7. The van der Waals surface area contributed by atoms with E-state index in [9.17, 15) is 14.7 Å². The van der Waals surface area contributed by atoms with E-state index < -0.39 is 6.09 Å². The second kappa shape index (κ2) is 11.9. The zero-order valence-corrected chi connectivity index (χ0v) is 21.9. The van der Waals surface area contributed by atoms with Crippen molar-refractivity contribution in [1.82, 2.24) is 15.1 Å². The number of carbonyl (C=O) groups excluding carboxylic acids is 1. The highest BCUT2D eigenvalue weighted by molar-refractivity contribution is 6.42. The number of benzene rings is 1. The summed E-state index contributed by atoms with van der Waals surface area (Å²) < 4.78 is 5.85. The van der Waals surface area contributed by atoms with Crippen molar-refractivity contribution < 1.29 is 19.4 Å². The van der Waals surface area contributed by atoms with Crippen LogP contribution in [0, 0.1) is 11.3 Å². The van der Waals surface area contributed by atoms with E-state index in [2.05, 4.69) is 31.0 Å². The molecule has 3 atom stereocenters. The maximum atomic E-state index is 12.5. The number of likely N-dealkylation sites (tertiary alicyclic amines) is 1. The van der Waals surface area contributed by atoms with Gasteiger partial charge in [-0.15, -0.1) is 0 Å². The molecule has 0 saturated carbocycles. The van der Waals surface area contributed by atoms with Gasteiger partial charge in [-0.05, 0) is 48.3 Å². The van der Waals surface area contributed by atoms with Gasteiger partial charge < -0.3 is 20.1 Å². The number of nitrogens with zero attached hydrogens (tertiary/aromatic N) is 2. The summed E-state index contributed by atoms with van der Waals surface area (Å²) in [6.45, 7) is 10.2. The van der Waals surface area contributed by atoms with Crippen LogP contribution >= 0.6 is 23.2 Å². The minimum absolute atomic E-state index is 0.0241. The Morgan fingerprint density at radius 2 is 1.97 bits per heavy atom. The molecule has 2 saturated heterocycles. The molecular weight excluding hydrogens is 477 g/mol. The van der Waals surface area contributed by atoms with E-state index in [0.29, 0.717) is 42.1 Å². The monoisotopic (exact) mass is 513 g/mol. The number of hydrogen-bond acceptors (Lipinski definition) is 4. The maximum Gasteiger partial charge on any atom is 0.407 e. The molecule has 2 aliphatic rings. The Hall–Kier alpha value is -1.54. The molecule has 2 amide bonds. The Kier molecular flexibility index (Phi) is 9.49. The fraction of sp³-hybridized carbons (Fsp3) is 0.680. The van der Waals surface area contributed by atoms with Gasteiger partial charge in [0.1, 0.15) is 0 Å². The Labute approximate surface area is 212 Å². The first-order chi connectivity index (χ1) is 16.0. The van der Waals surface area contributed by atoms with Gasteiger partial charge in [0, 0.05) is 45.2 Å². The lowest BCUT2D eigenvalue weighted by Crippen LogP contribution is -2.51. The Morgan fingerprint density at radius 1 is 1.21 bits per heavy atom. The van der Waals surface area contributed by atoms with Gasteiger partial charge in [-0.3, -0.25) is 9.69 Å². The van der Waals surface area contributed by atoms with Crippen LogP contribution in [-0.2, 0) is 16.1 Å². The number of halogens is 2. The van der Waals surface area contributed by atoms with Crippen molar-refractivity contribution in [2.75, 3.05) is 32.8 Å². The Balaban J connectivity index is 1.40. The SMILES string of the molecule is CC(C)(C)C1CC(CCC(=O)NC[C@H]2CN(Cc3ccc(Cl)c(Cl)c3)CCO2)CCN1C(=O)O. The number of ether oxygens (including phenoxy) is 1. The van der Waals surface area contributed by atoms with Crippen molar-refractivity contribution in [3.05, 3.63) is 33.8 Å². The van der Waals surface area contributed by atoms with Crippen LogP contribution in [0.1, 0.15) is 52.0 Å². The molecule has 3 rings (SSSR count). The number of hydrogen-bond donors (Lipinski definition) is 2. The molecule has 1 aromatic carbocycles. The third-order valence-corrected chi connectivity index (χ3v) is 7.62. The number of nitrogens with one attached hydrogen (secondary N) is 1. The van der Waals surface area contributed by atoms with Crippen molar-refractivity contribution >= 4 is 35.2 Å². The van der Waals surface area contributed by atoms with Crippen molar-refractivity contribution in [2.45, 2.75) is 65.1 Å². The second-order valence-electron chi connectivity index (χ2n) is 10.6. The van der Waals surface area contributed by atoms with Crippen molar-refractivity contribution in [3.8, 4) is 0 Å². The molecule has 7 nitrogen and oxygen atoms in total. The topological polar surface area (TPSA) is 82.1 Å². The minimum Gasteiger partial charge on any atom is -0.465 e. The van der Waals surface area contributed by atoms with Gasteiger partial charge in [-0.2, -0.15) is 0 Å². The average Bonchev–Trinajstić information content (AvgIpc) is 2.78. The number of carbonyl (C=O) groups is 2. The molecule has 0 spiro atoms. The molecule has 2 aliphatic heterocycles. The van der Waals surface area contributed by atoms with Crippen LogP contribution in [0.3, 0.4) is 0 Å². The van der Waals surface area contributed by atoms with Gasteiger partial charge in [-0.1, -0.05) is 50.0 Å². The third kappa shape index (κ3) is 7.74. The fourth-order valence-corrected chi connectivity index (χ4v) is 5.27. The molecule has 34 heavy (non-hydrogen) atoms. The van der Waals surface area contributed by atoms with Crippen molar-refractivity contribution in [3.63, 3.8) is 0 Å². The lowest BCUT2D eigenvalue weighted by atomic mass is 9.76. The van der Waals surface area contributed by atoms with E-state index in [-0.39, 0.29) is 23.5 Å². The van der Waals surface area contributed by atoms with Crippen LogP contribution in [0.4, 0.5) is 4.79 Å². The van der Waals surface area contributed by atoms with E-state index in [0.717, 1.165) is 44.5 Å². The van der Waals surface area contributed by atoms with Gasteiger partial charge in [0.05, 0.1) is 22.8 Å². The number of morpholine rings is 1. The molecule has 190 valence electrons. The Morgan fingerprint density at radius 3 is 2.65 bits per heavy atom. The lowest BCUT2D eigenvalue weighted by Gasteiger charge is -2.44. The molecule has 0 radical (unpaired) electrons. The highest BCUT2D eigenvalue weighted by Gasteiger charge is 2.38. The van der Waals surface area contributed by atoms with Crippen LogP contribution in [0.2, 0.25) is 10.0 Å². The molecule has 0 aromatic heterocycles. The van der Waals surface area contributed by atoms with E-state index >= 15 is 0 Å². The second-order valence-corrected chi connectivity index (χ2v) is 11.4. The molecular formula is C25H37Cl2N3O4. The molecule has 0 aliphatic carbocycles. The van der Waals surface area contributed by atoms with Crippen LogP contribution in [0.15, 0.2) is 18.2 Å². The summed E-state index contributed by atoms with van der Waals surface area (Å²) in [7, 11) is 0. The molecule has 9 heteroatoms. The maximum absolute atomic E-state index is 12.5. The normalized spacial score (nSPS) is 24.1. The van der Waals surface area contributed by atoms with Gasteiger partial charge >= 0.3 is 6.09 Å². The fourth-order valence-electron chi connectivity index (χ4n) is 4.95. The number of amides is 2. The van der Waals surface area contributed by atoms with Crippen molar-refractivity contribution in [1.29, 1.82) is 0 Å². The summed E-state index contributed by atoms with van der Waals surface area (Å²) in [5.74, 6) is 0.386. The van der Waals surface area contributed by atoms with E-state index in [4.69, 9.17) is 27.9 Å². The van der Waals surface area contributed by atoms with Gasteiger partial charge in [0.25, 0.3) is 0 Å². The first-order valence-corrected chi connectivity index (χ1v) is 12.8. The first kappa shape index (κ1) is 27.1. The summed E-state index contributed by atoms with van der Waals surface area (Å²) in [5.41, 5.74) is 0.975.